The number of amides is 1. The topological polar surface area (TPSA) is 66.5 Å². The molecule has 26 heavy (non-hydrogen) atoms. The van der Waals surface area contributed by atoms with E-state index in [0.717, 1.165) is 19.3 Å². The number of nitrogens with zero attached hydrogens (tertiary/aromatic N) is 1. The van der Waals surface area contributed by atoms with Crippen molar-refractivity contribution in [2.75, 3.05) is 18.4 Å². The van der Waals surface area contributed by atoms with E-state index in [0.29, 0.717) is 23.2 Å². The fourth-order valence-corrected chi connectivity index (χ4v) is 4.80. The zero-order chi connectivity index (χ0) is 18.7. The van der Waals surface area contributed by atoms with Crippen molar-refractivity contribution in [2.45, 2.75) is 24.2 Å². The SMILES string of the molecule is O=C(Nc1ccc(F)cc1)c1cc(S(=O)(=O)N2CCCCC2)ccc1Br. The molecule has 1 amide bonds. The quantitative estimate of drug-likeness (QED) is 0.780. The molecule has 2 aromatic rings. The number of halogens is 2. The lowest BCUT2D eigenvalue weighted by Gasteiger charge is -2.26. The van der Waals surface area contributed by atoms with Crippen molar-refractivity contribution in [3.63, 3.8) is 0 Å². The molecule has 1 aliphatic rings. The summed E-state index contributed by atoms with van der Waals surface area (Å²) < 4.78 is 40.5. The van der Waals surface area contributed by atoms with Crippen LogP contribution in [0.15, 0.2) is 51.8 Å². The van der Waals surface area contributed by atoms with E-state index in [-0.39, 0.29) is 10.5 Å². The average molecular weight is 441 g/mol. The zero-order valence-electron chi connectivity index (χ0n) is 13.9. The van der Waals surface area contributed by atoms with Crippen molar-refractivity contribution in [3.05, 3.63) is 58.3 Å². The summed E-state index contributed by atoms with van der Waals surface area (Å²) in [4.78, 5) is 12.6. The number of carbonyl (C=O) groups is 1. The molecule has 138 valence electrons. The molecule has 0 aromatic heterocycles. The van der Waals surface area contributed by atoms with E-state index in [4.69, 9.17) is 0 Å². The van der Waals surface area contributed by atoms with Gasteiger partial charge in [0, 0.05) is 23.2 Å². The fourth-order valence-electron chi connectivity index (χ4n) is 2.82. The zero-order valence-corrected chi connectivity index (χ0v) is 16.3. The van der Waals surface area contributed by atoms with Crippen LogP contribution in [0.1, 0.15) is 29.6 Å². The molecule has 5 nitrogen and oxygen atoms in total. The van der Waals surface area contributed by atoms with Gasteiger partial charge in [0.25, 0.3) is 5.91 Å². The van der Waals surface area contributed by atoms with E-state index in [1.807, 2.05) is 0 Å². The summed E-state index contributed by atoms with van der Waals surface area (Å²) in [6.45, 7) is 0.991. The molecule has 3 rings (SSSR count). The van der Waals surface area contributed by atoms with Gasteiger partial charge in [0.2, 0.25) is 10.0 Å². The maximum Gasteiger partial charge on any atom is 0.256 e. The second kappa shape index (κ2) is 7.85. The number of hydrogen-bond acceptors (Lipinski definition) is 3. The van der Waals surface area contributed by atoms with Gasteiger partial charge in [0.05, 0.1) is 10.5 Å². The molecule has 1 fully saturated rings. The Labute approximate surface area is 160 Å². The maximum absolute atomic E-state index is 13.0. The first kappa shape index (κ1) is 19.0. The third kappa shape index (κ3) is 4.13. The molecular weight excluding hydrogens is 423 g/mol. The Morgan fingerprint density at radius 2 is 1.69 bits per heavy atom. The molecule has 0 bridgehead atoms. The van der Waals surface area contributed by atoms with Crippen molar-refractivity contribution in [2.24, 2.45) is 0 Å². The molecule has 1 N–H and O–H groups in total. The lowest BCUT2D eigenvalue weighted by molar-refractivity contribution is 0.102. The van der Waals surface area contributed by atoms with Gasteiger partial charge in [-0.05, 0) is 71.2 Å². The molecular formula is C18H18BrFN2O3S. The Bertz CT molecular complexity index is 911. The third-order valence-electron chi connectivity index (χ3n) is 4.24. The number of benzene rings is 2. The molecule has 2 aromatic carbocycles. The summed E-state index contributed by atoms with van der Waals surface area (Å²) in [5.41, 5.74) is 0.625. The van der Waals surface area contributed by atoms with Crippen molar-refractivity contribution in [3.8, 4) is 0 Å². The molecule has 0 saturated carbocycles. The van der Waals surface area contributed by atoms with Crippen molar-refractivity contribution in [1.29, 1.82) is 0 Å². The van der Waals surface area contributed by atoms with Crippen LogP contribution in [0, 0.1) is 5.82 Å². The average Bonchev–Trinajstić information content (AvgIpc) is 2.64. The number of nitrogens with one attached hydrogen (secondary N) is 1. The highest BCUT2D eigenvalue weighted by atomic mass is 79.9. The van der Waals surface area contributed by atoms with Crippen LogP contribution in [0.5, 0.6) is 0 Å². The van der Waals surface area contributed by atoms with Crippen LogP contribution in [0.2, 0.25) is 0 Å². The highest BCUT2D eigenvalue weighted by Crippen LogP contribution is 2.26. The van der Waals surface area contributed by atoms with E-state index < -0.39 is 21.7 Å². The van der Waals surface area contributed by atoms with E-state index in [1.165, 1.54) is 40.7 Å². The third-order valence-corrected chi connectivity index (χ3v) is 6.82. The predicted octanol–water partition coefficient (Wildman–Crippen LogP) is 4.02. The van der Waals surface area contributed by atoms with Gasteiger partial charge in [-0.3, -0.25) is 4.79 Å². The number of rotatable bonds is 4. The molecule has 1 saturated heterocycles. The van der Waals surface area contributed by atoms with Crippen LogP contribution in [0.25, 0.3) is 0 Å². The van der Waals surface area contributed by atoms with Gasteiger partial charge in [-0.25, -0.2) is 12.8 Å². The first-order chi connectivity index (χ1) is 12.4. The summed E-state index contributed by atoms with van der Waals surface area (Å²) in [5.74, 6) is -0.877. The van der Waals surface area contributed by atoms with Gasteiger partial charge in [-0.1, -0.05) is 6.42 Å². The highest BCUT2D eigenvalue weighted by Gasteiger charge is 2.27. The Morgan fingerprint density at radius 3 is 2.35 bits per heavy atom. The normalized spacial score (nSPS) is 15.6. The van der Waals surface area contributed by atoms with Gasteiger partial charge in [0.1, 0.15) is 5.82 Å². The highest BCUT2D eigenvalue weighted by molar-refractivity contribution is 9.10. The summed E-state index contributed by atoms with van der Waals surface area (Å²) in [6.07, 6.45) is 2.71. The monoisotopic (exact) mass is 440 g/mol. The van der Waals surface area contributed by atoms with Crippen LogP contribution in [-0.4, -0.2) is 31.7 Å². The predicted molar refractivity (Wildman–Crippen MR) is 101 cm³/mol. The van der Waals surface area contributed by atoms with Crippen molar-refractivity contribution >= 4 is 37.5 Å². The van der Waals surface area contributed by atoms with Gasteiger partial charge in [0.15, 0.2) is 0 Å². The Hall–Kier alpha value is -1.77. The minimum absolute atomic E-state index is 0.0897. The smallest absolute Gasteiger partial charge is 0.256 e. The van der Waals surface area contributed by atoms with Gasteiger partial charge < -0.3 is 5.32 Å². The van der Waals surface area contributed by atoms with E-state index >= 15 is 0 Å². The standard InChI is InChI=1S/C18H18BrFN2O3S/c19-17-9-8-15(26(24,25)22-10-2-1-3-11-22)12-16(17)18(23)21-14-6-4-13(20)5-7-14/h4-9,12H,1-3,10-11H2,(H,21,23). The number of anilines is 1. The lowest BCUT2D eigenvalue weighted by atomic mass is 10.2. The Kier molecular flexibility index (Phi) is 5.74. The van der Waals surface area contributed by atoms with Crippen LogP contribution < -0.4 is 5.32 Å². The number of carbonyl (C=O) groups excluding carboxylic acids is 1. The number of hydrogen-bond donors (Lipinski definition) is 1. The largest absolute Gasteiger partial charge is 0.322 e. The van der Waals surface area contributed by atoms with Crippen LogP contribution in [0.4, 0.5) is 10.1 Å². The molecule has 0 spiro atoms. The molecule has 1 aliphatic heterocycles. The molecule has 0 unspecified atom stereocenters. The molecule has 0 aliphatic carbocycles. The Morgan fingerprint density at radius 1 is 1.04 bits per heavy atom. The minimum Gasteiger partial charge on any atom is -0.322 e. The number of sulfonamides is 1. The second-order valence-electron chi connectivity index (χ2n) is 6.07. The minimum atomic E-state index is -3.63. The van der Waals surface area contributed by atoms with Crippen molar-refractivity contribution < 1.29 is 17.6 Å². The van der Waals surface area contributed by atoms with Crippen molar-refractivity contribution in [1.82, 2.24) is 4.31 Å². The van der Waals surface area contributed by atoms with Crippen LogP contribution >= 0.6 is 15.9 Å². The fraction of sp³-hybridized carbons (Fsp3) is 0.278. The van der Waals surface area contributed by atoms with Crippen LogP contribution in [0.3, 0.4) is 0 Å². The maximum atomic E-state index is 13.0. The first-order valence-corrected chi connectivity index (χ1v) is 10.5. The van der Waals surface area contributed by atoms with Gasteiger partial charge >= 0.3 is 0 Å². The molecule has 0 radical (unpaired) electrons. The molecule has 8 heteroatoms. The van der Waals surface area contributed by atoms with E-state index in [9.17, 15) is 17.6 Å². The summed E-state index contributed by atoms with van der Waals surface area (Å²) in [7, 11) is -3.63. The summed E-state index contributed by atoms with van der Waals surface area (Å²) >= 11 is 3.29. The second-order valence-corrected chi connectivity index (χ2v) is 8.86. The number of piperidine rings is 1. The summed E-state index contributed by atoms with van der Waals surface area (Å²) in [5, 5.41) is 2.64. The van der Waals surface area contributed by atoms with Gasteiger partial charge in [-0.15, -0.1) is 0 Å². The first-order valence-electron chi connectivity index (χ1n) is 8.24. The molecule has 0 atom stereocenters. The van der Waals surface area contributed by atoms with Crippen LogP contribution in [-0.2, 0) is 10.0 Å². The lowest BCUT2D eigenvalue weighted by Crippen LogP contribution is -2.35. The van der Waals surface area contributed by atoms with Gasteiger partial charge in [-0.2, -0.15) is 4.31 Å². The van der Waals surface area contributed by atoms with E-state index in [1.54, 1.807) is 6.07 Å². The van der Waals surface area contributed by atoms with E-state index in [2.05, 4.69) is 21.2 Å². The molecule has 1 heterocycles. The summed E-state index contributed by atoms with van der Waals surface area (Å²) in [6, 6.07) is 9.76. The Balaban J connectivity index is 1.87.